The summed E-state index contributed by atoms with van der Waals surface area (Å²) in [6.45, 7) is 2.42. The van der Waals surface area contributed by atoms with Crippen LogP contribution in [-0.4, -0.2) is 47.6 Å². The van der Waals surface area contributed by atoms with Crippen LogP contribution < -0.4 is 4.74 Å². The summed E-state index contributed by atoms with van der Waals surface area (Å²) in [5, 5.41) is 0. The van der Waals surface area contributed by atoms with Crippen molar-refractivity contribution in [2.24, 2.45) is 0 Å². The Hall–Kier alpha value is -1.28. The average molecular weight is 289 g/mol. The molecule has 0 radical (unpaired) electrons. The highest BCUT2D eigenvalue weighted by Gasteiger charge is 2.29. The molecule has 0 N–H and O–H groups in total. The van der Waals surface area contributed by atoms with Gasteiger partial charge in [0, 0.05) is 6.54 Å². The molecule has 0 aliphatic carbocycles. The van der Waals surface area contributed by atoms with Gasteiger partial charge in [-0.15, -0.1) is 0 Å². The van der Waals surface area contributed by atoms with Gasteiger partial charge in [-0.3, -0.25) is 0 Å². The maximum absolute atomic E-state index is 12.7. The van der Waals surface area contributed by atoms with E-state index in [1.54, 1.807) is 6.92 Å². The summed E-state index contributed by atoms with van der Waals surface area (Å²) in [5.74, 6) is -0.460. The summed E-state index contributed by atoms with van der Waals surface area (Å²) in [6, 6.07) is 0.0714. The summed E-state index contributed by atoms with van der Waals surface area (Å²) in [4.78, 5) is 7.41. The van der Waals surface area contributed by atoms with Crippen LogP contribution in [0.4, 0.5) is 4.39 Å². The molecule has 19 heavy (non-hydrogen) atoms. The molecule has 6 nitrogen and oxygen atoms in total. The Kier molecular flexibility index (Phi) is 4.31. The fourth-order valence-corrected chi connectivity index (χ4v) is 3.11. The molecule has 1 aromatic heterocycles. The van der Waals surface area contributed by atoms with E-state index >= 15 is 0 Å². The van der Waals surface area contributed by atoms with Crippen molar-refractivity contribution >= 4 is 10.0 Å². The minimum atomic E-state index is -3.20. The van der Waals surface area contributed by atoms with Crippen LogP contribution in [0.5, 0.6) is 6.01 Å². The third-order valence-electron chi connectivity index (χ3n) is 2.97. The fraction of sp³-hybridized carbons (Fsp3) is 0.636. The summed E-state index contributed by atoms with van der Waals surface area (Å²) >= 11 is 0. The second kappa shape index (κ2) is 5.79. The standard InChI is InChI=1S/C11H16FN3O3S/c1-2-19(16,17)15-5-3-4-10(8-15)18-11-13-6-9(12)7-14-11/h6-7,10H,2-5,8H2,1H3/t10-/m1/s1. The van der Waals surface area contributed by atoms with Crippen molar-refractivity contribution < 1.29 is 17.5 Å². The number of hydrogen-bond donors (Lipinski definition) is 0. The number of aromatic nitrogens is 2. The topological polar surface area (TPSA) is 72.4 Å². The number of rotatable bonds is 4. The first-order valence-electron chi connectivity index (χ1n) is 6.13. The van der Waals surface area contributed by atoms with E-state index in [0.717, 1.165) is 25.2 Å². The molecule has 8 heteroatoms. The zero-order valence-electron chi connectivity index (χ0n) is 10.6. The van der Waals surface area contributed by atoms with E-state index in [4.69, 9.17) is 4.74 Å². The molecule has 0 amide bonds. The van der Waals surface area contributed by atoms with Crippen molar-refractivity contribution in [1.29, 1.82) is 0 Å². The van der Waals surface area contributed by atoms with Crippen LogP contribution in [0.25, 0.3) is 0 Å². The lowest BCUT2D eigenvalue weighted by molar-refractivity contribution is 0.119. The summed E-state index contributed by atoms with van der Waals surface area (Å²) < 4.78 is 43.1. The van der Waals surface area contributed by atoms with Crippen molar-refractivity contribution in [2.75, 3.05) is 18.8 Å². The van der Waals surface area contributed by atoms with Crippen molar-refractivity contribution in [3.8, 4) is 6.01 Å². The van der Waals surface area contributed by atoms with Gasteiger partial charge in [-0.25, -0.2) is 22.8 Å². The first-order chi connectivity index (χ1) is 9.01. The van der Waals surface area contributed by atoms with Crippen LogP contribution in [0.1, 0.15) is 19.8 Å². The molecule has 1 fully saturated rings. The quantitative estimate of drug-likeness (QED) is 0.820. The molecule has 1 aliphatic heterocycles. The van der Waals surface area contributed by atoms with Crippen molar-refractivity contribution in [2.45, 2.75) is 25.9 Å². The number of hydrogen-bond acceptors (Lipinski definition) is 5. The Morgan fingerprint density at radius 1 is 1.47 bits per heavy atom. The highest BCUT2D eigenvalue weighted by molar-refractivity contribution is 7.89. The third kappa shape index (κ3) is 3.60. The van der Waals surface area contributed by atoms with Gasteiger partial charge >= 0.3 is 6.01 Å². The van der Waals surface area contributed by atoms with Crippen LogP contribution >= 0.6 is 0 Å². The normalized spacial score (nSPS) is 21.3. The zero-order chi connectivity index (χ0) is 13.9. The Morgan fingerprint density at radius 2 is 2.16 bits per heavy atom. The van der Waals surface area contributed by atoms with Gasteiger partial charge in [0.1, 0.15) is 6.10 Å². The smallest absolute Gasteiger partial charge is 0.316 e. The zero-order valence-corrected chi connectivity index (χ0v) is 11.4. The van der Waals surface area contributed by atoms with Gasteiger partial charge in [-0.1, -0.05) is 0 Å². The molecule has 2 rings (SSSR count). The lowest BCUT2D eigenvalue weighted by atomic mass is 10.1. The maximum atomic E-state index is 12.7. The monoisotopic (exact) mass is 289 g/mol. The summed E-state index contributed by atoms with van der Waals surface area (Å²) in [7, 11) is -3.20. The van der Waals surface area contributed by atoms with Gasteiger partial charge < -0.3 is 4.74 Å². The lowest BCUT2D eigenvalue weighted by Gasteiger charge is -2.31. The van der Waals surface area contributed by atoms with Gasteiger partial charge in [-0.2, -0.15) is 4.31 Å². The SMILES string of the molecule is CCS(=O)(=O)N1CCC[C@@H](Oc2ncc(F)cn2)C1. The molecule has 1 aliphatic rings. The molecule has 0 aromatic carbocycles. The first kappa shape index (κ1) is 14.1. The van der Waals surface area contributed by atoms with Crippen LogP contribution in [0, 0.1) is 5.82 Å². The van der Waals surface area contributed by atoms with Crippen molar-refractivity contribution in [3.63, 3.8) is 0 Å². The predicted octanol–water partition coefficient (Wildman–Crippen LogP) is 0.809. The highest BCUT2D eigenvalue weighted by atomic mass is 32.2. The number of piperidine rings is 1. The number of ether oxygens (including phenoxy) is 1. The second-order valence-corrected chi connectivity index (χ2v) is 6.58. The molecule has 0 spiro atoms. The Labute approximate surface area is 111 Å². The Morgan fingerprint density at radius 3 is 2.79 bits per heavy atom. The molecule has 0 saturated carbocycles. The van der Waals surface area contributed by atoms with E-state index in [1.165, 1.54) is 4.31 Å². The van der Waals surface area contributed by atoms with E-state index in [9.17, 15) is 12.8 Å². The molecule has 1 saturated heterocycles. The lowest BCUT2D eigenvalue weighted by Crippen LogP contribution is -2.45. The van der Waals surface area contributed by atoms with Crippen LogP contribution in [0.3, 0.4) is 0 Å². The van der Waals surface area contributed by atoms with E-state index < -0.39 is 15.8 Å². The molecular formula is C11H16FN3O3S. The van der Waals surface area contributed by atoms with E-state index in [1.807, 2.05) is 0 Å². The molecule has 0 bridgehead atoms. The number of halogens is 1. The minimum absolute atomic E-state index is 0.0714. The van der Waals surface area contributed by atoms with Crippen LogP contribution in [0.2, 0.25) is 0 Å². The maximum Gasteiger partial charge on any atom is 0.316 e. The van der Waals surface area contributed by atoms with E-state index in [-0.39, 0.29) is 24.4 Å². The number of sulfonamides is 1. The molecular weight excluding hydrogens is 273 g/mol. The van der Waals surface area contributed by atoms with Gasteiger partial charge in [0.25, 0.3) is 0 Å². The predicted molar refractivity (Wildman–Crippen MR) is 66.7 cm³/mol. The molecule has 0 unspecified atom stereocenters. The first-order valence-corrected chi connectivity index (χ1v) is 7.74. The Bertz CT molecular complexity index is 520. The molecule has 1 aromatic rings. The summed E-state index contributed by atoms with van der Waals surface area (Å²) in [6.07, 6.45) is 3.21. The van der Waals surface area contributed by atoms with Gasteiger partial charge in [-0.05, 0) is 19.8 Å². The summed E-state index contributed by atoms with van der Waals surface area (Å²) in [5.41, 5.74) is 0. The molecule has 106 valence electrons. The van der Waals surface area contributed by atoms with Gasteiger partial charge in [0.2, 0.25) is 10.0 Å². The third-order valence-corrected chi connectivity index (χ3v) is 4.82. The van der Waals surface area contributed by atoms with Crippen molar-refractivity contribution in [3.05, 3.63) is 18.2 Å². The Balaban J connectivity index is 2.00. The molecule has 1 atom stereocenters. The van der Waals surface area contributed by atoms with E-state index in [0.29, 0.717) is 6.54 Å². The fourth-order valence-electron chi connectivity index (χ4n) is 1.95. The minimum Gasteiger partial charge on any atom is -0.459 e. The highest BCUT2D eigenvalue weighted by Crippen LogP contribution is 2.18. The molecule has 2 heterocycles. The van der Waals surface area contributed by atoms with Crippen LogP contribution in [-0.2, 0) is 10.0 Å². The van der Waals surface area contributed by atoms with Gasteiger partial charge in [0.05, 0.1) is 24.7 Å². The number of nitrogens with zero attached hydrogens (tertiary/aromatic N) is 3. The van der Waals surface area contributed by atoms with E-state index in [2.05, 4.69) is 9.97 Å². The van der Waals surface area contributed by atoms with Crippen molar-refractivity contribution in [1.82, 2.24) is 14.3 Å². The average Bonchev–Trinajstić information content (AvgIpc) is 2.42. The largest absolute Gasteiger partial charge is 0.459 e. The second-order valence-electron chi connectivity index (χ2n) is 4.32. The van der Waals surface area contributed by atoms with Crippen LogP contribution in [0.15, 0.2) is 12.4 Å². The van der Waals surface area contributed by atoms with Gasteiger partial charge in [0.15, 0.2) is 5.82 Å².